The lowest BCUT2D eigenvalue weighted by Crippen LogP contribution is -2.25. The highest BCUT2D eigenvalue weighted by Gasteiger charge is 2.45. The van der Waals surface area contributed by atoms with Gasteiger partial charge in [-0.3, -0.25) is 0 Å². The number of hydrogen-bond acceptors (Lipinski definition) is 2. The molecule has 0 radical (unpaired) electrons. The number of halogens is 3. The summed E-state index contributed by atoms with van der Waals surface area (Å²) in [5.74, 6) is -1.63. The zero-order chi connectivity index (χ0) is 12.9. The third kappa shape index (κ3) is 1.89. The van der Waals surface area contributed by atoms with E-state index in [-0.39, 0.29) is 28.2 Å². The zero-order valence-electron chi connectivity index (χ0n) is 9.57. The highest BCUT2D eigenvalue weighted by molar-refractivity contribution is 9.10. The first-order valence-corrected chi connectivity index (χ1v) is 6.84. The van der Waals surface area contributed by atoms with Crippen molar-refractivity contribution in [1.29, 1.82) is 0 Å². The molecule has 1 aromatic carbocycles. The molecule has 1 N–H and O–H groups in total. The number of benzene rings is 1. The fourth-order valence-electron chi connectivity index (χ4n) is 3.04. The second-order valence-corrected chi connectivity index (χ2v) is 5.83. The maximum atomic E-state index is 13.9. The molecule has 0 amide bonds. The lowest BCUT2D eigenvalue weighted by molar-refractivity contribution is 0.0388. The minimum atomic E-state index is -1.14. The van der Waals surface area contributed by atoms with E-state index in [9.17, 15) is 13.9 Å². The van der Waals surface area contributed by atoms with Gasteiger partial charge in [-0.2, -0.15) is 0 Å². The number of ether oxygens (including phenoxy) is 1. The summed E-state index contributed by atoms with van der Waals surface area (Å²) in [6, 6.07) is 2.47. The molecule has 2 bridgehead atoms. The predicted molar refractivity (Wildman–Crippen MR) is 65.0 cm³/mol. The fourth-order valence-corrected chi connectivity index (χ4v) is 3.38. The molecule has 2 nitrogen and oxygen atoms in total. The standard InChI is InChI=1S/C13H13BrF2O2/c14-8-2-3-9(15)11(12(8)16)13(17)7-5-6-1-4-10(7)18-6/h2-3,6-7,10,13,17H,1,4-5H2. The first kappa shape index (κ1) is 12.5. The van der Waals surface area contributed by atoms with Crippen molar-refractivity contribution in [2.75, 3.05) is 0 Å². The van der Waals surface area contributed by atoms with Crippen molar-refractivity contribution in [3.8, 4) is 0 Å². The van der Waals surface area contributed by atoms with E-state index in [4.69, 9.17) is 4.74 Å². The largest absolute Gasteiger partial charge is 0.388 e. The summed E-state index contributed by atoms with van der Waals surface area (Å²) in [7, 11) is 0. The zero-order valence-corrected chi connectivity index (χ0v) is 11.2. The second kappa shape index (κ2) is 4.54. The molecule has 2 saturated heterocycles. The maximum absolute atomic E-state index is 13.9. The van der Waals surface area contributed by atoms with Crippen molar-refractivity contribution < 1.29 is 18.6 Å². The van der Waals surface area contributed by atoms with Crippen molar-refractivity contribution in [1.82, 2.24) is 0 Å². The van der Waals surface area contributed by atoms with Gasteiger partial charge in [0.1, 0.15) is 11.6 Å². The SMILES string of the molecule is OC(c1c(F)ccc(Br)c1F)C1CC2CCC1O2. The van der Waals surface area contributed by atoms with Crippen LogP contribution in [0.2, 0.25) is 0 Å². The molecular formula is C13H13BrF2O2. The van der Waals surface area contributed by atoms with Crippen molar-refractivity contribution in [2.45, 2.75) is 37.6 Å². The van der Waals surface area contributed by atoms with Crippen molar-refractivity contribution in [3.63, 3.8) is 0 Å². The van der Waals surface area contributed by atoms with Crippen molar-refractivity contribution in [3.05, 3.63) is 33.8 Å². The Labute approximate surface area is 112 Å². The molecular weight excluding hydrogens is 306 g/mol. The monoisotopic (exact) mass is 318 g/mol. The van der Waals surface area contributed by atoms with Crippen LogP contribution in [0.1, 0.15) is 30.9 Å². The predicted octanol–water partition coefficient (Wildman–Crippen LogP) is 3.33. The van der Waals surface area contributed by atoms with Crippen LogP contribution >= 0.6 is 15.9 Å². The Balaban J connectivity index is 1.93. The third-order valence-electron chi connectivity index (χ3n) is 3.93. The number of rotatable bonds is 2. The van der Waals surface area contributed by atoms with Crippen LogP contribution in [0.3, 0.4) is 0 Å². The summed E-state index contributed by atoms with van der Waals surface area (Å²) in [6.07, 6.45) is 1.46. The average molecular weight is 319 g/mol. The molecule has 2 aliphatic rings. The van der Waals surface area contributed by atoms with Gasteiger partial charge in [0.15, 0.2) is 0 Å². The molecule has 18 heavy (non-hydrogen) atoms. The number of aliphatic hydroxyl groups is 1. The van der Waals surface area contributed by atoms with Crippen LogP contribution in [0, 0.1) is 17.6 Å². The van der Waals surface area contributed by atoms with Gasteiger partial charge in [-0.05, 0) is 47.3 Å². The van der Waals surface area contributed by atoms with E-state index >= 15 is 0 Å². The first-order valence-electron chi connectivity index (χ1n) is 6.05. The van der Waals surface area contributed by atoms with E-state index in [1.165, 1.54) is 12.1 Å². The molecule has 3 rings (SSSR count). The lowest BCUT2D eigenvalue weighted by Gasteiger charge is -2.25. The molecule has 1 aromatic rings. The van der Waals surface area contributed by atoms with Gasteiger partial charge < -0.3 is 9.84 Å². The molecule has 0 saturated carbocycles. The van der Waals surface area contributed by atoms with E-state index in [1.807, 2.05) is 0 Å². The van der Waals surface area contributed by atoms with E-state index in [2.05, 4.69) is 15.9 Å². The summed E-state index contributed by atoms with van der Waals surface area (Å²) in [5.41, 5.74) is -0.245. The van der Waals surface area contributed by atoms with Gasteiger partial charge in [0.05, 0.1) is 28.3 Å². The van der Waals surface area contributed by atoms with Crippen LogP contribution in [-0.2, 0) is 4.74 Å². The maximum Gasteiger partial charge on any atom is 0.146 e. The fraction of sp³-hybridized carbons (Fsp3) is 0.538. The molecule has 0 aliphatic carbocycles. The van der Waals surface area contributed by atoms with E-state index in [1.54, 1.807) is 0 Å². The van der Waals surface area contributed by atoms with Gasteiger partial charge in [0.25, 0.3) is 0 Å². The van der Waals surface area contributed by atoms with Crippen LogP contribution in [0.15, 0.2) is 16.6 Å². The van der Waals surface area contributed by atoms with E-state index in [0.29, 0.717) is 6.42 Å². The highest BCUT2D eigenvalue weighted by atomic mass is 79.9. The lowest BCUT2D eigenvalue weighted by atomic mass is 9.82. The molecule has 98 valence electrons. The van der Waals surface area contributed by atoms with Crippen LogP contribution < -0.4 is 0 Å². The normalized spacial score (nSPS) is 31.9. The molecule has 2 heterocycles. The summed E-state index contributed by atoms with van der Waals surface area (Å²) in [4.78, 5) is 0. The first-order chi connectivity index (χ1) is 8.58. The van der Waals surface area contributed by atoms with E-state index in [0.717, 1.165) is 12.8 Å². The molecule has 5 heteroatoms. The minimum Gasteiger partial charge on any atom is -0.388 e. The molecule has 2 aliphatic heterocycles. The highest BCUT2D eigenvalue weighted by Crippen LogP contribution is 2.45. The minimum absolute atomic E-state index is 0.0669. The molecule has 0 spiro atoms. The Morgan fingerprint density at radius 2 is 2.11 bits per heavy atom. The Bertz CT molecular complexity index is 480. The quantitative estimate of drug-likeness (QED) is 0.848. The smallest absolute Gasteiger partial charge is 0.146 e. The van der Waals surface area contributed by atoms with Crippen LogP contribution in [0.4, 0.5) is 8.78 Å². The van der Waals surface area contributed by atoms with Crippen molar-refractivity contribution in [2.24, 2.45) is 5.92 Å². The van der Waals surface area contributed by atoms with Crippen molar-refractivity contribution >= 4 is 15.9 Å². The topological polar surface area (TPSA) is 29.5 Å². The summed E-state index contributed by atoms with van der Waals surface area (Å²) >= 11 is 3.01. The van der Waals surface area contributed by atoms with E-state index < -0.39 is 17.7 Å². The Morgan fingerprint density at radius 3 is 2.72 bits per heavy atom. The summed E-state index contributed by atoms with van der Waals surface area (Å²) in [5, 5.41) is 10.2. The second-order valence-electron chi connectivity index (χ2n) is 4.98. The molecule has 4 unspecified atom stereocenters. The third-order valence-corrected chi connectivity index (χ3v) is 4.55. The average Bonchev–Trinajstić information content (AvgIpc) is 2.96. The van der Waals surface area contributed by atoms with Gasteiger partial charge in [-0.25, -0.2) is 8.78 Å². The van der Waals surface area contributed by atoms with Gasteiger partial charge in [0, 0.05) is 5.92 Å². The molecule has 0 aromatic heterocycles. The molecule has 2 fully saturated rings. The Morgan fingerprint density at radius 1 is 1.33 bits per heavy atom. The van der Waals surface area contributed by atoms with Gasteiger partial charge >= 0.3 is 0 Å². The van der Waals surface area contributed by atoms with Crippen LogP contribution in [-0.4, -0.2) is 17.3 Å². The van der Waals surface area contributed by atoms with Gasteiger partial charge in [-0.15, -0.1) is 0 Å². The van der Waals surface area contributed by atoms with Gasteiger partial charge in [0.2, 0.25) is 0 Å². The Hall–Kier alpha value is -0.520. The summed E-state index contributed by atoms with van der Waals surface area (Å²) < 4.78 is 33.4. The number of hydrogen-bond donors (Lipinski definition) is 1. The summed E-state index contributed by atoms with van der Waals surface area (Å²) in [6.45, 7) is 0. The van der Waals surface area contributed by atoms with Crippen LogP contribution in [0.25, 0.3) is 0 Å². The number of aliphatic hydroxyl groups excluding tert-OH is 1. The molecule has 4 atom stereocenters. The van der Waals surface area contributed by atoms with Gasteiger partial charge in [-0.1, -0.05) is 0 Å². The van der Waals surface area contributed by atoms with Crippen LogP contribution in [0.5, 0.6) is 0 Å². The Kier molecular flexibility index (Phi) is 3.16. The number of fused-ring (bicyclic) bond motifs is 2.